The van der Waals surface area contributed by atoms with Crippen LogP contribution in [0.5, 0.6) is 0 Å². The predicted octanol–water partition coefficient (Wildman–Crippen LogP) is 5.35. The van der Waals surface area contributed by atoms with E-state index in [1.807, 2.05) is 0 Å². The minimum Gasteiger partial charge on any atom is -0.310 e. The fourth-order valence-electron chi connectivity index (χ4n) is 2.25. The molecule has 1 aromatic rings. The summed E-state index contributed by atoms with van der Waals surface area (Å²) in [5.41, 5.74) is 0.966. The van der Waals surface area contributed by atoms with E-state index in [1.165, 1.54) is 37.8 Å². The molecular formula is C16H25ClFN. The van der Waals surface area contributed by atoms with Crippen molar-refractivity contribution in [3.8, 4) is 0 Å². The monoisotopic (exact) mass is 285 g/mol. The van der Waals surface area contributed by atoms with Gasteiger partial charge in [-0.25, -0.2) is 4.39 Å². The highest BCUT2D eigenvalue weighted by molar-refractivity contribution is 6.31. The van der Waals surface area contributed by atoms with Crippen LogP contribution in [0.1, 0.15) is 58.1 Å². The van der Waals surface area contributed by atoms with Crippen molar-refractivity contribution >= 4 is 11.6 Å². The molecule has 1 aromatic carbocycles. The fraction of sp³-hybridized carbons (Fsp3) is 0.625. The number of halogens is 2. The maximum Gasteiger partial charge on any atom is 0.124 e. The first-order chi connectivity index (χ1) is 9.08. The van der Waals surface area contributed by atoms with E-state index in [4.69, 9.17) is 11.6 Å². The van der Waals surface area contributed by atoms with Crippen LogP contribution >= 0.6 is 11.6 Å². The maximum absolute atomic E-state index is 13.0. The first-order valence-electron chi connectivity index (χ1n) is 7.26. The van der Waals surface area contributed by atoms with Gasteiger partial charge in [0.05, 0.1) is 0 Å². The van der Waals surface area contributed by atoms with E-state index in [-0.39, 0.29) is 11.9 Å². The normalized spacial score (nSPS) is 14.4. The van der Waals surface area contributed by atoms with Gasteiger partial charge in [-0.2, -0.15) is 0 Å². The molecule has 3 heteroatoms. The Bertz CT molecular complexity index is 381. The number of benzene rings is 1. The summed E-state index contributed by atoms with van der Waals surface area (Å²) in [6.45, 7) is 7.52. The van der Waals surface area contributed by atoms with Gasteiger partial charge in [0.2, 0.25) is 0 Å². The van der Waals surface area contributed by atoms with Crippen LogP contribution in [0.25, 0.3) is 0 Å². The van der Waals surface area contributed by atoms with Gasteiger partial charge in [-0.3, -0.25) is 0 Å². The summed E-state index contributed by atoms with van der Waals surface area (Å²) in [5.74, 6) is 0.428. The Morgan fingerprint density at radius 2 is 2.05 bits per heavy atom. The highest BCUT2D eigenvalue weighted by atomic mass is 35.5. The third kappa shape index (κ3) is 5.50. The molecule has 0 aliphatic rings. The van der Waals surface area contributed by atoms with Crippen molar-refractivity contribution in [2.45, 2.75) is 52.5 Å². The summed E-state index contributed by atoms with van der Waals surface area (Å²) < 4.78 is 13.0. The van der Waals surface area contributed by atoms with E-state index in [9.17, 15) is 4.39 Å². The van der Waals surface area contributed by atoms with Gasteiger partial charge in [-0.1, -0.05) is 50.8 Å². The predicted molar refractivity (Wildman–Crippen MR) is 81.1 cm³/mol. The van der Waals surface area contributed by atoms with Crippen molar-refractivity contribution in [2.75, 3.05) is 6.54 Å². The average molecular weight is 286 g/mol. The van der Waals surface area contributed by atoms with E-state index in [1.54, 1.807) is 6.07 Å². The molecule has 19 heavy (non-hydrogen) atoms. The zero-order valence-electron chi connectivity index (χ0n) is 12.2. The minimum absolute atomic E-state index is 0.156. The van der Waals surface area contributed by atoms with Crippen LogP contribution in [0.3, 0.4) is 0 Å². The summed E-state index contributed by atoms with van der Waals surface area (Å²) in [6.07, 6.45) is 4.99. The van der Waals surface area contributed by atoms with E-state index >= 15 is 0 Å². The summed E-state index contributed by atoms with van der Waals surface area (Å²) in [7, 11) is 0. The van der Waals surface area contributed by atoms with Gasteiger partial charge in [0.1, 0.15) is 5.82 Å². The van der Waals surface area contributed by atoms with Crippen molar-refractivity contribution in [2.24, 2.45) is 5.92 Å². The van der Waals surface area contributed by atoms with Gasteiger partial charge in [0.15, 0.2) is 0 Å². The van der Waals surface area contributed by atoms with E-state index < -0.39 is 0 Å². The summed E-state index contributed by atoms with van der Waals surface area (Å²) in [6, 6.07) is 4.77. The Balaban J connectivity index is 2.51. The van der Waals surface area contributed by atoms with Gasteiger partial charge in [-0.15, -0.1) is 0 Å². The molecule has 0 saturated heterocycles. The first kappa shape index (κ1) is 16.5. The van der Waals surface area contributed by atoms with Crippen molar-refractivity contribution < 1.29 is 4.39 Å². The molecule has 0 aliphatic carbocycles. The van der Waals surface area contributed by atoms with Gasteiger partial charge < -0.3 is 5.32 Å². The van der Waals surface area contributed by atoms with Crippen LogP contribution in [-0.2, 0) is 0 Å². The third-order valence-corrected chi connectivity index (χ3v) is 4.01. The molecule has 0 aliphatic heterocycles. The Kier molecular flexibility index (Phi) is 7.40. The van der Waals surface area contributed by atoms with Gasteiger partial charge in [0.25, 0.3) is 0 Å². The minimum atomic E-state index is -0.282. The zero-order chi connectivity index (χ0) is 14.3. The molecule has 1 nitrogen and oxygen atoms in total. The highest BCUT2D eigenvalue weighted by Gasteiger charge is 2.12. The van der Waals surface area contributed by atoms with Gasteiger partial charge in [0, 0.05) is 11.1 Å². The molecule has 0 aromatic heterocycles. The molecule has 0 bridgehead atoms. The molecule has 0 fully saturated rings. The molecule has 108 valence electrons. The van der Waals surface area contributed by atoms with E-state index in [0.717, 1.165) is 12.1 Å². The lowest BCUT2D eigenvalue weighted by Gasteiger charge is -2.20. The fourth-order valence-corrected chi connectivity index (χ4v) is 2.58. The lowest BCUT2D eigenvalue weighted by molar-refractivity contribution is 0.398. The third-order valence-electron chi connectivity index (χ3n) is 3.68. The van der Waals surface area contributed by atoms with Crippen LogP contribution in [0.15, 0.2) is 18.2 Å². The molecule has 1 N–H and O–H groups in total. The highest BCUT2D eigenvalue weighted by Crippen LogP contribution is 2.24. The van der Waals surface area contributed by atoms with Crippen molar-refractivity contribution in [1.29, 1.82) is 0 Å². The largest absolute Gasteiger partial charge is 0.310 e. The number of nitrogens with one attached hydrogen (secondary N) is 1. The van der Waals surface area contributed by atoms with Crippen LogP contribution in [0.2, 0.25) is 5.02 Å². The molecule has 0 heterocycles. The topological polar surface area (TPSA) is 12.0 Å². The standard InChI is InChI=1S/C16H25ClFN/c1-4-6-7-13(5-2)11-19-12(3)15-9-8-14(18)10-16(15)17/h8-10,12-13,19H,4-7,11H2,1-3H3. The zero-order valence-corrected chi connectivity index (χ0v) is 12.9. The Hall–Kier alpha value is -0.600. The first-order valence-corrected chi connectivity index (χ1v) is 7.64. The summed E-state index contributed by atoms with van der Waals surface area (Å²) in [4.78, 5) is 0. The molecule has 0 radical (unpaired) electrons. The maximum atomic E-state index is 13.0. The Morgan fingerprint density at radius 1 is 1.32 bits per heavy atom. The van der Waals surface area contributed by atoms with E-state index in [2.05, 4.69) is 26.1 Å². The summed E-state index contributed by atoms with van der Waals surface area (Å²) >= 11 is 6.08. The lowest BCUT2D eigenvalue weighted by atomic mass is 9.98. The molecule has 2 unspecified atom stereocenters. The molecule has 0 amide bonds. The second-order valence-electron chi connectivity index (χ2n) is 5.21. The molecule has 1 rings (SSSR count). The van der Waals surface area contributed by atoms with Crippen molar-refractivity contribution in [3.05, 3.63) is 34.6 Å². The van der Waals surface area contributed by atoms with Crippen molar-refractivity contribution in [1.82, 2.24) is 5.32 Å². The lowest BCUT2D eigenvalue weighted by Crippen LogP contribution is -2.25. The van der Waals surface area contributed by atoms with E-state index in [0.29, 0.717) is 10.9 Å². The molecule has 0 saturated carbocycles. The van der Waals surface area contributed by atoms with Gasteiger partial charge >= 0.3 is 0 Å². The molecule has 0 spiro atoms. The van der Waals surface area contributed by atoms with Crippen LogP contribution in [-0.4, -0.2) is 6.54 Å². The van der Waals surface area contributed by atoms with Crippen molar-refractivity contribution in [3.63, 3.8) is 0 Å². The quantitative estimate of drug-likeness (QED) is 0.679. The Labute approximate surface area is 121 Å². The molecule has 2 atom stereocenters. The number of unbranched alkanes of at least 4 members (excludes halogenated alkanes) is 1. The average Bonchev–Trinajstić information content (AvgIpc) is 2.38. The smallest absolute Gasteiger partial charge is 0.124 e. The SMILES string of the molecule is CCCCC(CC)CNC(C)c1ccc(F)cc1Cl. The number of rotatable bonds is 8. The molecular weight excluding hydrogens is 261 g/mol. The summed E-state index contributed by atoms with van der Waals surface area (Å²) in [5, 5.41) is 4.01. The Morgan fingerprint density at radius 3 is 2.63 bits per heavy atom. The van der Waals surface area contributed by atoms with Crippen LogP contribution in [0.4, 0.5) is 4.39 Å². The van der Waals surface area contributed by atoms with Gasteiger partial charge in [-0.05, 0) is 43.5 Å². The van der Waals surface area contributed by atoms with Crippen LogP contribution in [0, 0.1) is 11.7 Å². The number of hydrogen-bond acceptors (Lipinski definition) is 1. The number of hydrogen-bond donors (Lipinski definition) is 1. The van der Waals surface area contributed by atoms with Crippen LogP contribution < -0.4 is 5.32 Å². The second kappa shape index (κ2) is 8.55. The second-order valence-corrected chi connectivity index (χ2v) is 5.62.